The van der Waals surface area contributed by atoms with Crippen molar-refractivity contribution in [3.8, 4) is 11.5 Å². The molecule has 0 saturated heterocycles. The zero-order valence-electron chi connectivity index (χ0n) is 13.5. The van der Waals surface area contributed by atoms with E-state index in [-0.39, 0.29) is 5.41 Å². The van der Waals surface area contributed by atoms with Crippen molar-refractivity contribution in [1.82, 2.24) is 0 Å². The molecule has 3 nitrogen and oxygen atoms in total. The van der Waals surface area contributed by atoms with E-state index in [0.29, 0.717) is 6.54 Å². The molecule has 0 bridgehead atoms. The zero-order valence-corrected chi connectivity index (χ0v) is 13.5. The van der Waals surface area contributed by atoms with Gasteiger partial charge >= 0.3 is 0 Å². The minimum Gasteiger partial charge on any atom is -0.497 e. The van der Waals surface area contributed by atoms with Gasteiger partial charge in [0.1, 0.15) is 11.5 Å². The standard InChI is InChI=1S/C19H25NO2/c1-21-15-8-6-14-7-9-17(22-2)18(16(14)12-15)19(13-20)10-4-3-5-11-19/h6-9,12H,3-5,10-11,13,20H2,1-2H3. The van der Waals surface area contributed by atoms with Crippen molar-refractivity contribution in [2.45, 2.75) is 37.5 Å². The molecule has 1 aliphatic carbocycles. The molecule has 0 spiro atoms. The number of hydrogen-bond donors (Lipinski definition) is 1. The Kier molecular flexibility index (Phi) is 4.25. The number of nitrogens with two attached hydrogens (primary N) is 1. The Bertz CT molecular complexity index is 655. The highest BCUT2D eigenvalue weighted by Gasteiger charge is 2.36. The molecule has 1 saturated carbocycles. The van der Waals surface area contributed by atoms with Gasteiger partial charge in [0.25, 0.3) is 0 Å². The van der Waals surface area contributed by atoms with E-state index in [9.17, 15) is 0 Å². The summed E-state index contributed by atoms with van der Waals surface area (Å²) in [6, 6.07) is 10.4. The predicted molar refractivity (Wildman–Crippen MR) is 90.9 cm³/mol. The first-order valence-corrected chi connectivity index (χ1v) is 8.09. The average Bonchev–Trinajstić information content (AvgIpc) is 2.60. The van der Waals surface area contributed by atoms with E-state index in [2.05, 4.69) is 24.3 Å². The zero-order chi connectivity index (χ0) is 15.6. The van der Waals surface area contributed by atoms with Crippen LogP contribution in [0.4, 0.5) is 0 Å². The molecule has 0 aromatic heterocycles. The molecule has 2 aromatic rings. The summed E-state index contributed by atoms with van der Waals surface area (Å²) in [5, 5.41) is 2.43. The average molecular weight is 299 g/mol. The lowest BCUT2D eigenvalue weighted by Crippen LogP contribution is -2.37. The third kappa shape index (κ3) is 2.44. The van der Waals surface area contributed by atoms with Gasteiger partial charge < -0.3 is 15.2 Å². The van der Waals surface area contributed by atoms with Gasteiger partial charge in [-0.15, -0.1) is 0 Å². The van der Waals surface area contributed by atoms with Crippen LogP contribution >= 0.6 is 0 Å². The Morgan fingerprint density at radius 1 is 1.00 bits per heavy atom. The smallest absolute Gasteiger partial charge is 0.123 e. The Morgan fingerprint density at radius 2 is 1.73 bits per heavy atom. The fourth-order valence-corrected chi connectivity index (χ4v) is 3.91. The summed E-state index contributed by atoms with van der Waals surface area (Å²) < 4.78 is 11.1. The Labute approximate surface area is 132 Å². The summed E-state index contributed by atoms with van der Waals surface area (Å²) in [4.78, 5) is 0. The number of ether oxygens (including phenoxy) is 2. The van der Waals surface area contributed by atoms with Crippen molar-refractivity contribution in [3.05, 3.63) is 35.9 Å². The van der Waals surface area contributed by atoms with Crippen molar-refractivity contribution in [2.24, 2.45) is 5.73 Å². The van der Waals surface area contributed by atoms with Crippen LogP contribution in [0.5, 0.6) is 11.5 Å². The number of fused-ring (bicyclic) bond motifs is 1. The van der Waals surface area contributed by atoms with Gasteiger partial charge in [-0.1, -0.05) is 31.4 Å². The second kappa shape index (κ2) is 6.17. The van der Waals surface area contributed by atoms with Crippen LogP contribution in [0.15, 0.2) is 30.3 Å². The van der Waals surface area contributed by atoms with E-state index < -0.39 is 0 Å². The highest BCUT2D eigenvalue weighted by Crippen LogP contribution is 2.46. The van der Waals surface area contributed by atoms with Gasteiger partial charge in [0.15, 0.2) is 0 Å². The van der Waals surface area contributed by atoms with Crippen molar-refractivity contribution < 1.29 is 9.47 Å². The quantitative estimate of drug-likeness (QED) is 0.927. The molecule has 0 aliphatic heterocycles. The van der Waals surface area contributed by atoms with Crippen LogP contribution in [0.25, 0.3) is 10.8 Å². The van der Waals surface area contributed by atoms with E-state index in [1.165, 1.54) is 35.6 Å². The summed E-state index contributed by atoms with van der Waals surface area (Å²) >= 11 is 0. The number of rotatable bonds is 4. The molecule has 2 aromatic carbocycles. The molecule has 1 fully saturated rings. The second-order valence-corrected chi connectivity index (χ2v) is 6.28. The van der Waals surface area contributed by atoms with Crippen LogP contribution in [-0.2, 0) is 5.41 Å². The van der Waals surface area contributed by atoms with Crippen LogP contribution in [0.3, 0.4) is 0 Å². The summed E-state index contributed by atoms with van der Waals surface area (Å²) in [5.41, 5.74) is 7.56. The van der Waals surface area contributed by atoms with Gasteiger partial charge in [-0.05, 0) is 41.8 Å². The first-order chi connectivity index (χ1) is 10.7. The van der Waals surface area contributed by atoms with Crippen LogP contribution in [0, 0.1) is 0 Å². The van der Waals surface area contributed by atoms with E-state index in [1.54, 1.807) is 14.2 Å². The SMILES string of the molecule is COc1ccc2ccc(OC)c(C3(CN)CCCCC3)c2c1. The summed E-state index contributed by atoms with van der Waals surface area (Å²) in [5.74, 6) is 1.83. The summed E-state index contributed by atoms with van der Waals surface area (Å²) in [7, 11) is 3.46. The van der Waals surface area contributed by atoms with E-state index in [0.717, 1.165) is 24.3 Å². The van der Waals surface area contributed by atoms with Gasteiger partial charge in [-0.3, -0.25) is 0 Å². The van der Waals surface area contributed by atoms with E-state index in [4.69, 9.17) is 15.2 Å². The largest absolute Gasteiger partial charge is 0.497 e. The van der Waals surface area contributed by atoms with Crippen molar-refractivity contribution >= 4 is 10.8 Å². The van der Waals surface area contributed by atoms with E-state index in [1.807, 2.05) is 6.07 Å². The topological polar surface area (TPSA) is 44.5 Å². The molecular formula is C19H25NO2. The van der Waals surface area contributed by atoms with Gasteiger partial charge in [0.2, 0.25) is 0 Å². The molecule has 1 aliphatic rings. The molecule has 2 N–H and O–H groups in total. The fraction of sp³-hybridized carbons (Fsp3) is 0.474. The molecule has 0 amide bonds. The molecule has 22 heavy (non-hydrogen) atoms. The van der Waals surface area contributed by atoms with Crippen molar-refractivity contribution in [1.29, 1.82) is 0 Å². The third-order valence-corrected chi connectivity index (χ3v) is 5.14. The van der Waals surface area contributed by atoms with Crippen LogP contribution in [-0.4, -0.2) is 20.8 Å². The Morgan fingerprint density at radius 3 is 2.36 bits per heavy atom. The summed E-state index contributed by atoms with van der Waals surface area (Å²) in [6.07, 6.45) is 6.05. The molecule has 3 rings (SSSR count). The van der Waals surface area contributed by atoms with Gasteiger partial charge in [0, 0.05) is 17.5 Å². The van der Waals surface area contributed by atoms with Crippen LogP contribution < -0.4 is 15.2 Å². The molecule has 0 radical (unpaired) electrons. The van der Waals surface area contributed by atoms with E-state index >= 15 is 0 Å². The predicted octanol–water partition coefficient (Wildman–Crippen LogP) is 4.02. The number of hydrogen-bond acceptors (Lipinski definition) is 3. The highest BCUT2D eigenvalue weighted by atomic mass is 16.5. The van der Waals surface area contributed by atoms with Crippen molar-refractivity contribution in [3.63, 3.8) is 0 Å². The fourth-order valence-electron chi connectivity index (χ4n) is 3.91. The highest BCUT2D eigenvalue weighted by molar-refractivity contribution is 5.90. The lowest BCUT2D eigenvalue weighted by molar-refractivity contribution is 0.290. The first-order valence-electron chi connectivity index (χ1n) is 8.09. The molecule has 118 valence electrons. The monoisotopic (exact) mass is 299 g/mol. The van der Waals surface area contributed by atoms with Gasteiger partial charge in [-0.2, -0.15) is 0 Å². The molecule has 0 unspecified atom stereocenters. The van der Waals surface area contributed by atoms with Crippen LogP contribution in [0.2, 0.25) is 0 Å². The number of methoxy groups -OCH3 is 2. The van der Waals surface area contributed by atoms with Gasteiger partial charge in [-0.25, -0.2) is 0 Å². The minimum atomic E-state index is 0.0233. The number of benzene rings is 2. The Hall–Kier alpha value is -1.74. The molecular weight excluding hydrogens is 274 g/mol. The normalized spacial score (nSPS) is 17.4. The van der Waals surface area contributed by atoms with Crippen LogP contribution in [0.1, 0.15) is 37.7 Å². The lowest BCUT2D eigenvalue weighted by atomic mass is 9.68. The first kappa shape index (κ1) is 15.2. The minimum absolute atomic E-state index is 0.0233. The molecule has 0 heterocycles. The maximum absolute atomic E-state index is 6.27. The summed E-state index contributed by atoms with van der Waals surface area (Å²) in [6.45, 7) is 0.666. The lowest BCUT2D eigenvalue weighted by Gasteiger charge is -2.38. The Balaban J connectivity index is 2.28. The van der Waals surface area contributed by atoms with Crippen molar-refractivity contribution in [2.75, 3.05) is 20.8 Å². The third-order valence-electron chi connectivity index (χ3n) is 5.14. The molecule has 0 atom stereocenters. The maximum atomic E-state index is 6.27. The maximum Gasteiger partial charge on any atom is 0.123 e. The second-order valence-electron chi connectivity index (χ2n) is 6.28. The van der Waals surface area contributed by atoms with Gasteiger partial charge in [0.05, 0.1) is 14.2 Å². The molecule has 3 heteroatoms.